The molecule has 0 radical (unpaired) electrons. The van der Waals surface area contributed by atoms with Gasteiger partial charge >= 0.3 is 0 Å². The molecule has 3 aromatic rings. The average molecular weight is 348 g/mol. The highest BCUT2D eigenvalue weighted by molar-refractivity contribution is 7.15. The summed E-state index contributed by atoms with van der Waals surface area (Å²) in [7, 11) is 0. The summed E-state index contributed by atoms with van der Waals surface area (Å²) in [5.74, 6) is -0.628. The lowest BCUT2D eigenvalue weighted by Crippen LogP contribution is -2.12. The van der Waals surface area contributed by atoms with Gasteiger partial charge in [-0.25, -0.2) is 9.37 Å². The molecule has 1 amide bonds. The topological polar surface area (TPSA) is 67.8 Å². The molecule has 118 valence electrons. The zero-order valence-corrected chi connectivity index (χ0v) is 13.9. The summed E-state index contributed by atoms with van der Waals surface area (Å²) in [5.41, 5.74) is 1.08. The van der Waals surface area contributed by atoms with Crippen LogP contribution in [0.15, 0.2) is 29.6 Å². The first-order valence-corrected chi connectivity index (χ1v) is 8.70. The number of hydrogen-bond acceptors (Lipinski definition) is 6. The molecule has 3 rings (SSSR count). The third kappa shape index (κ3) is 3.77. The summed E-state index contributed by atoms with van der Waals surface area (Å²) >= 11 is 2.70. The Morgan fingerprint density at radius 3 is 2.78 bits per heavy atom. The van der Waals surface area contributed by atoms with E-state index < -0.39 is 0 Å². The van der Waals surface area contributed by atoms with Crippen molar-refractivity contribution < 1.29 is 9.18 Å². The van der Waals surface area contributed by atoms with Crippen LogP contribution in [-0.4, -0.2) is 21.1 Å². The Hall–Kier alpha value is -2.19. The Labute approximate surface area is 140 Å². The molecule has 2 aromatic heterocycles. The van der Waals surface area contributed by atoms with Crippen LogP contribution in [0.25, 0.3) is 10.6 Å². The van der Waals surface area contributed by atoms with E-state index in [-0.39, 0.29) is 11.7 Å². The van der Waals surface area contributed by atoms with Crippen molar-refractivity contribution in [3.8, 4) is 10.6 Å². The zero-order valence-electron chi connectivity index (χ0n) is 12.2. The molecule has 0 atom stereocenters. The van der Waals surface area contributed by atoms with E-state index in [9.17, 15) is 9.18 Å². The smallest absolute Gasteiger partial charge is 0.276 e. The van der Waals surface area contributed by atoms with E-state index in [1.165, 1.54) is 34.8 Å². The van der Waals surface area contributed by atoms with Gasteiger partial charge in [-0.05, 0) is 30.7 Å². The summed E-state index contributed by atoms with van der Waals surface area (Å²) in [6.45, 7) is 2.06. The molecule has 0 aliphatic heterocycles. The van der Waals surface area contributed by atoms with Crippen LogP contribution >= 0.6 is 22.7 Å². The molecular weight excluding hydrogens is 335 g/mol. The van der Waals surface area contributed by atoms with Crippen LogP contribution in [-0.2, 0) is 6.42 Å². The summed E-state index contributed by atoms with van der Waals surface area (Å²) < 4.78 is 12.9. The Morgan fingerprint density at radius 1 is 1.26 bits per heavy atom. The van der Waals surface area contributed by atoms with Crippen LogP contribution in [0.4, 0.5) is 9.52 Å². The second-order valence-electron chi connectivity index (χ2n) is 4.75. The number of thiazole rings is 1. The second-order valence-corrected chi connectivity index (χ2v) is 6.67. The van der Waals surface area contributed by atoms with Gasteiger partial charge < -0.3 is 0 Å². The fraction of sp³-hybridized carbons (Fsp3) is 0.200. The minimum atomic E-state index is -0.325. The predicted octanol–water partition coefficient (Wildman–Crippen LogP) is 4.01. The van der Waals surface area contributed by atoms with E-state index in [4.69, 9.17) is 0 Å². The number of carbonyl (C=O) groups excluding carboxylic acids is 1. The molecular formula is C15H13FN4OS2. The molecule has 0 unspecified atom stereocenters. The van der Waals surface area contributed by atoms with Gasteiger partial charge in [0.05, 0.1) is 0 Å². The number of carbonyl (C=O) groups is 1. The molecule has 5 nitrogen and oxygen atoms in total. The molecule has 1 N–H and O–H groups in total. The van der Waals surface area contributed by atoms with Crippen molar-refractivity contribution >= 4 is 33.7 Å². The van der Waals surface area contributed by atoms with E-state index in [0.717, 1.165) is 23.4 Å². The molecule has 0 saturated heterocycles. The number of benzene rings is 1. The number of aromatic nitrogens is 3. The molecule has 0 aliphatic carbocycles. The van der Waals surface area contributed by atoms with Crippen LogP contribution < -0.4 is 5.32 Å². The Balaban J connectivity index is 1.71. The summed E-state index contributed by atoms with van der Waals surface area (Å²) in [6.07, 6.45) is 1.83. The predicted molar refractivity (Wildman–Crippen MR) is 89.4 cm³/mol. The molecule has 2 heterocycles. The number of anilines is 1. The van der Waals surface area contributed by atoms with Crippen molar-refractivity contribution in [3.63, 3.8) is 0 Å². The fourth-order valence-corrected chi connectivity index (χ4v) is 3.53. The molecule has 0 aliphatic rings. The number of amides is 1. The van der Waals surface area contributed by atoms with Crippen molar-refractivity contribution in [2.45, 2.75) is 19.8 Å². The number of nitrogens with one attached hydrogen (secondary N) is 1. The Kier molecular flexibility index (Phi) is 4.73. The number of rotatable bonds is 5. The van der Waals surface area contributed by atoms with Crippen molar-refractivity contribution in [2.75, 3.05) is 5.32 Å². The zero-order chi connectivity index (χ0) is 16.2. The molecule has 0 fully saturated rings. The Morgan fingerprint density at radius 2 is 2.04 bits per heavy atom. The largest absolute Gasteiger partial charge is 0.295 e. The lowest BCUT2D eigenvalue weighted by atomic mass is 10.2. The molecule has 0 bridgehead atoms. The molecule has 0 saturated carbocycles. The van der Waals surface area contributed by atoms with Gasteiger partial charge in [0, 0.05) is 17.4 Å². The third-order valence-electron chi connectivity index (χ3n) is 2.98. The number of hydrogen-bond donors (Lipinski definition) is 1. The van der Waals surface area contributed by atoms with Gasteiger partial charge in [0.15, 0.2) is 0 Å². The van der Waals surface area contributed by atoms with Gasteiger partial charge in [-0.1, -0.05) is 18.3 Å². The third-order valence-corrected chi connectivity index (χ3v) is 4.77. The fourth-order valence-electron chi connectivity index (χ4n) is 1.88. The monoisotopic (exact) mass is 348 g/mol. The van der Waals surface area contributed by atoms with Gasteiger partial charge in [-0.2, -0.15) is 0 Å². The molecule has 8 heteroatoms. The van der Waals surface area contributed by atoms with Crippen LogP contribution in [0.5, 0.6) is 0 Å². The number of nitrogens with zero attached hydrogens (tertiary/aromatic N) is 3. The van der Waals surface area contributed by atoms with Gasteiger partial charge in [-0.3, -0.25) is 10.1 Å². The number of halogens is 1. The van der Waals surface area contributed by atoms with Crippen molar-refractivity contribution in [3.05, 3.63) is 46.2 Å². The minimum Gasteiger partial charge on any atom is -0.295 e. The molecule has 1 aromatic carbocycles. The standard InChI is InChI=1S/C15H13FN4OS2/c1-2-3-12-19-20-15(23-12)18-13(21)11-8-22-14(17-11)9-4-6-10(16)7-5-9/h4-8H,2-3H2,1H3,(H,18,20,21). The first kappa shape index (κ1) is 15.7. The maximum atomic E-state index is 12.9. The quantitative estimate of drug-likeness (QED) is 0.756. The van der Waals surface area contributed by atoms with Crippen LogP contribution in [0.3, 0.4) is 0 Å². The number of aryl methyl sites for hydroxylation is 1. The Bertz CT molecular complexity index is 813. The van der Waals surface area contributed by atoms with E-state index in [1.807, 2.05) is 0 Å². The van der Waals surface area contributed by atoms with Gasteiger partial charge in [0.1, 0.15) is 21.5 Å². The molecule has 23 heavy (non-hydrogen) atoms. The highest BCUT2D eigenvalue weighted by Crippen LogP contribution is 2.24. The normalized spacial score (nSPS) is 10.7. The highest BCUT2D eigenvalue weighted by Gasteiger charge is 2.14. The first-order chi connectivity index (χ1) is 11.2. The van der Waals surface area contributed by atoms with Crippen LogP contribution in [0.1, 0.15) is 28.8 Å². The summed E-state index contributed by atoms with van der Waals surface area (Å²) in [4.78, 5) is 16.5. The second kappa shape index (κ2) is 6.93. The molecule has 0 spiro atoms. The van der Waals surface area contributed by atoms with Crippen LogP contribution in [0.2, 0.25) is 0 Å². The van der Waals surface area contributed by atoms with E-state index >= 15 is 0 Å². The SMILES string of the molecule is CCCc1nnc(NC(=O)c2csc(-c3ccc(F)cc3)n2)s1. The van der Waals surface area contributed by atoms with Crippen molar-refractivity contribution in [1.82, 2.24) is 15.2 Å². The first-order valence-electron chi connectivity index (χ1n) is 7.01. The van der Waals surface area contributed by atoms with Gasteiger partial charge in [0.2, 0.25) is 5.13 Å². The van der Waals surface area contributed by atoms with E-state index in [2.05, 4.69) is 27.4 Å². The van der Waals surface area contributed by atoms with E-state index in [0.29, 0.717) is 15.8 Å². The van der Waals surface area contributed by atoms with Gasteiger partial charge in [0.25, 0.3) is 5.91 Å². The van der Waals surface area contributed by atoms with Crippen molar-refractivity contribution in [1.29, 1.82) is 0 Å². The minimum absolute atomic E-state index is 0.303. The lowest BCUT2D eigenvalue weighted by molar-refractivity contribution is 0.102. The van der Waals surface area contributed by atoms with Gasteiger partial charge in [-0.15, -0.1) is 21.5 Å². The maximum Gasteiger partial charge on any atom is 0.276 e. The lowest BCUT2D eigenvalue weighted by Gasteiger charge is -1.97. The highest BCUT2D eigenvalue weighted by atomic mass is 32.1. The average Bonchev–Trinajstić information content (AvgIpc) is 3.18. The maximum absolute atomic E-state index is 12.9. The summed E-state index contributed by atoms with van der Waals surface area (Å²) in [6, 6.07) is 6.01. The van der Waals surface area contributed by atoms with E-state index in [1.54, 1.807) is 17.5 Å². The van der Waals surface area contributed by atoms with Crippen molar-refractivity contribution in [2.24, 2.45) is 0 Å². The van der Waals surface area contributed by atoms with Crippen LogP contribution in [0, 0.1) is 5.82 Å². The summed E-state index contributed by atoms with van der Waals surface area (Å²) in [5, 5.41) is 14.4.